The highest BCUT2D eigenvalue weighted by Crippen LogP contribution is 1.95. The summed E-state index contributed by atoms with van der Waals surface area (Å²) in [5.41, 5.74) is 2.58. The van der Waals surface area contributed by atoms with E-state index in [1.807, 2.05) is 0 Å². The van der Waals surface area contributed by atoms with Crippen LogP contribution in [0.25, 0.3) is 0 Å². The van der Waals surface area contributed by atoms with E-state index in [4.69, 9.17) is 11.6 Å². The summed E-state index contributed by atoms with van der Waals surface area (Å²) in [6, 6.07) is 0. The Morgan fingerprint density at radius 2 is 2.71 bits per heavy atom. The van der Waals surface area contributed by atoms with Gasteiger partial charge in [-0.1, -0.05) is 0 Å². The molecule has 0 aliphatic carbocycles. The highest BCUT2D eigenvalue weighted by Gasteiger charge is 1.89. The minimum Gasteiger partial charge on any atom is -0.215 e. The van der Waals surface area contributed by atoms with Crippen molar-refractivity contribution in [3.8, 4) is 0 Å². The van der Waals surface area contributed by atoms with Gasteiger partial charge in [0.15, 0.2) is 11.3 Å². The standard InChI is InChI=1S/C3H2ClN2S/c4-1-3-5-2-7-6-3/h1H2. The Kier molecular flexibility index (Phi) is 1.59. The van der Waals surface area contributed by atoms with Gasteiger partial charge in [0.25, 0.3) is 0 Å². The zero-order valence-corrected chi connectivity index (χ0v) is 4.96. The molecule has 0 aliphatic rings. The Balaban J connectivity index is 2.76. The van der Waals surface area contributed by atoms with Crippen molar-refractivity contribution in [1.29, 1.82) is 0 Å². The second kappa shape index (κ2) is 2.23. The number of alkyl halides is 1. The molecule has 0 unspecified atom stereocenters. The van der Waals surface area contributed by atoms with Gasteiger partial charge in [0.1, 0.15) is 0 Å². The van der Waals surface area contributed by atoms with Crippen molar-refractivity contribution in [2.24, 2.45) is 0 Å². The van der Waals surface area contributed by atoms with Gasteiger partial charge in [-0.25, -0.2) is 4.98 Å². The first-order valence-corrected chi connectivity index (χ1v) is 2.99. The molecule has 1 heterocycles. The monoisotopic (exact) mass is 133 g/mol. The van der Waals surface area contributed by atoms with Crippen LogP contribution in [0.5, 0.6) is 0 Å². The Hall–Kier alpha value is -0.150. The number of rotatable bonds is 1. The van der Waals surface area contributed by atoms with Gasteiger partial charge >= 0.3 is 0 Å². The zero-order chi connectivity index (χ0) is 5.11. The van der Waals surface area contributed by atoms with E-state index >= 15 is 0 Å². The third-order valence-electron chi connectivity index (χ3n) is 0.486. The number of hydrogen-bond acceptors (Lipinski definition) is 3. The quantitative estimate of drug-likeness (QED) is 0.536. The van der Waals surface area contributed by atoms with Crippen molar-refractivity contribution in [2.75, 3.05) is 0 Å². The average molecular weight is 134 g/mol. The summed E-state index contributed by atoms with van der Waals surface area (Å²) in [6.07, 6.45) is 0. The molecule has 7 heavy (non-hydrogen) atoms. The van der Waals surface area contributed by atoms with Crippen LogP contribution in [0.1, 0.15) is 5.82 Å². The van der Waals surface area contributed by atoms with E-state index in [2.05, 4.69) is 14.9 Å². The fourth-order valence-corrected chi connectivity index (χ4v) is 0.809. The minimum atomic E-state index is 0.389. The van der Waals surface area contributed by atoms with E-state index in [9.17, 15) is 0 Å². The molecule has 0 spiro atoms. The summed E-state index contributed by atoms with van der Waals surface area (Å²) in [4.78, 5) is 3.69. The van der Waals surface area contributed by atoms with E-state index < -0.39 is 0 Å². The van der Waals surface area contributed by atoms with Gasteiger partial charge in [-0.2, -0.15) is 4.37 Å². The maximum Gasteiger partial charge on any atom is 0.174 e. The average Bonchev–Trinajstić information content (AvgIpc) is 2.14. The fourth-order valence-electron chi connectivity index (χ4n) is 0.221. The second-order valence-electron chi connectivity index (χ2n) is 0.936. The summed E-state index contributed by atoms with van der Waals surface area (Å²) in [6.45, 7) is 0. The van der Waals surface area contributed by atoms with Gasteiger partial charge in [-0.05, 0) is 11.5 Å². The van der Waals surface area contributed by atoms with E-state index in [0.717, 1.165) is 0 Å². The van der Waals surface area contributed by atoms with E-state index in [1.54, 1.807) is 0 Å². The van der Waals surface area contributed by atoms with Gasteiger partial charge in [0.2, 0.25) is 0 Å². The van der Waals surface area contributed by atoms with Crippen LogP contribution < -0.4 is 0 Å². The van der Waals surface area contributed by atoms with Crippen molar-refractivity contribution in [2.45, 2.75) is 5.88 Å². The lowest BCUT2D eigenvalue weighted by Crippen LogP contribution is -1.75. The largest absolute Gasteiger partial charge is 0.215 e. The molecule has 0 atom stereocenters. The molecule has 37 valence electrons. The lowest BCUT2D eigenvalue weighted by atomic mass is 10.7. The molecule has 0 N–H and O–H groups in total. The Labute approximate surface area is 50.3 Å². The topological polar surface area (TPSA) is 25.8 Å². The number of halogens is 1. The molecule has 2 nitrogen and oxygen atoms in total. The van der Waals surface area contributed by atoms with Crippen molar-refractivity contribution < 1.29 is 0 Å². The van der Waals surface area contributed by atoms with E-state index in [0.29, 0.717) is 11.7 Å². The molecular weight excluding hydrogens is 132 g/mol. The van der Waals surface area contributed by atoms with Crippen molar-refractivity contribution in [3.63, 3.8) is 0 Å². The highest BCUT2D eigenvalue weighted by atomic mass is 35.5. The summed E-state index contributed by atoms with van der Waals surface area (Å²) in [5.74, 6) is 1.05. The molecule has 0 amide bonds. The highest BCUT2D eigenvalue weighted by molar-refractivity contribution is 7.02. The molecule has 0 aromatic carbocycles. The van der Waals surface area contributed by atoms with E-state index in [-0.39, 0.29) is 0 Å². The second-order valence-corrected chi connectivity index (χ2v) is 1.75. The summed E-state index contributed by atoms with van der Waals surface area (Å²) < 4.78 is 3.78. The minimum absolute atomic E-state index is 0.389. The van der Waals surface area contributed by atoms with Crippen LogP contribution in [-0.2, 0) is 5.88 Å². The first-order chi connectivity index (χ1) is 3.43. The SMILES string of the molecule is ClCc1n[c]sn1. The Morgan fingerprint density at radius 1 is 1.86 bits per heavy atom. The Bertz CT molecular complexity index is 127. The predicted octanol–water partition coefficient (Wildman–Crippen LogP) is 1.08. The van der Waals surface area contributed by atoms with Crippen LogP contribution in [0.15, 0.2) is 0 Å². The molecule has 0 saturated heterocycles. The molecule has 1 aromatic heterocycles. The van der Waals surface area contributed by atoms with Crippen molar-refractivity contribution >= 4 is 23.1 Å². The number of aromatic nitrogens is 2. The Morgan fingerprint density at radius 3 is 3.00 bits per heavy atom. The van der Waals surface area contributed by atoms with E-state index in [1.165, 1.54) is 11.5 Å². The zero-order valence-electron chi connectivity index (χ0n) is 3.39. The number of nitrogens with zero attached hydrogens (tertiary/aromatic N) is 2. The fraction of sp³-hybridized carbons (Fsp3) is 0.333. The summed E-state index contributed by atoms with van der Waals surface area (Å²) in [5, 5.41) is 0. The van der Waals surface area contributed by atoms with Crippen molar-refractivity contribution in [3.05, 3.63) is 11.3 Å². The molecule has 4 heteroatoms. The lowest BCUT2D eigenvalue weighted by Gasteiger charge is -1.73. The molecule has 0 saturated carbocycles. The number of hydrogen-bond donors (Lipinski definition) is 0. The third-order valence-corrected chi connectivity index (χ3v) is 1.20. The first kappa shape index (κ1) is 5.00. The molecule has 0 bridgehead atoms. The summed E-state index contributed by atoms with van der Waals surface area (Å²) >= 11 is 6.52. The van der Waals surface area contributed by atoms with Crippen LogP contribution >= 0.6 is 23.1 Å². The van der Waals surface area contributed by atoms with Crippen LogP contribution in [0.2, 0.25) is 0 Å². The van der Waals surface area contributed by atoms with Gasteiger partial charge in [0, 0.05) is 0 Å². The molecule has 1 radical (unpaired) electrons. The first-order valence-electron chi connectivity index (χ1n) is 1.68. The normalized spacial score (nSPS) is 9.29. The third kappa shape index (κ3) is 1.11. The van der Waals surface area contributed by atoms with Gasteiger partial charge in [-0.15, -0.1) is 11.6 Å². The molecular formula is C3H2ClN2S. The molecule has 1 rings (SSSR count). The molecule has 0 fully saturated rings. The maximum atomic E-state index is 5.33. The van der Waals surface area contributed by atoms with Gasteiger partial charge < -0.3 is 0 Å². The van der Waals surface area contributed by atoms with Crippen LogP contribution in [0, 0.1) is 5.51 Å². The van der Waals surface area contributed by atoms with Gasteiger partial charge in [-0.3, -0.25) is 0 Å². The lowest BCUT2D eigenvalue weighted by molar-refractivity contribution is 1.13. The predicted molar refractivity (Wildman–Crippen MR) is 28.3 cm³/mol. The summed E-state index contributed by atoms with van der Waals surface area (Å²) in [7, 11) is 0. The van der Waals surface area contributed by atoms with Gasteiger partial charge in [0.05, 0.1) is 5.88 Å². The smallest absolute Gasteiger partial charge is 0.174 e. The van der Waals surface area contributed by atoms with Crippen LogP contribution in [-0.4, -0.2) is 9.36 Å². The maximum absolute atomic E-state index is 5.33. The van der Waals surface area contributed by atoms with Crippen LogP contribution in [0.4, 0.5) is 0 Å². The van der Waals surface area contributed by atoms with Crippen LogP contribution in [0.3, 0.4) is 0 Å². The molecule has 1 aromatic rings. The molecule has 0 aliphatic heterocycles. The van der Waals surface area contributed by atoms with Crippen molar-refractivity contribution in [1.82, 2.24) is 9.36 Å².